The molecule has 3 aromatic carbocycles. The second kappa shape index (κ2) is 10.2. The SMILES string of the molecule is COc1ccc([C@H](C)NC(=O)CN(c2cccc(Br)c2)S(=O)(=O)c2ccc(C)cc2)cc1. The van der Waals surface area contributed by atoms with Crippen molar-refractivity contribution in [2.24, 2.45) is 0 Å². The van der Waals surface area contributed by atoms with Crippen molar-refractivity contribution in [3.63, 3.8) is 0 Å². The van der Waals surface area contributed by atoms with Crippen LogP contribution in [0, 0.1) is 6.92 Å². The Morgan fingerprint density at radius 1 is 1.06 bits per heavy atom. The van der Waals surface area contributed by atoms with E-state index in [1.54, 1.807) is 55.6 Å². The fraction of sp³-hybridized carbons (Fsp3) is 0.208. The van der Waals surface area contributed by atoms with Gasteiger partial charge in [-0.2, -0.15) is 0 Å². The number of benzene rings is 3. The quantitative estimate of drug-likeness (QED) is 0.464. The van der Waals surface area contributed by atoms with E-state index in [1.165, 1.54) is 0 Å². The first-order valence-corrected chi connectivity index (χ1v) is 12.2. The summed E-state index contributed by atoms with van der Waals surface area (Å²) in [6.07, 6.45) is 0. The molecular weight excluding hydrogens is 492 g/mol. The van der Waals surface area contributed by atoms with Crippen LogP contribution < -0.4 is 14.4 Å². The average molecular weight is 517 g/mol. The van der Waals surface area contributed by atoms with Gasteiger partial charge < -0.3 is 10.1 Å². The van der Waals surface area contributed by atoms with Gasteiger partial charge in [-0.1, -0.05) is 51.8 Å². The Labute approximate surface area is 197 Å². The van der Waals surface area contributed by atoms with Gasteiger partial charge in [0.1, 0.15) is 12.3 Å². The van der Waals surface area contributed by atoms with E-state index < -0.39 is 15.9 Å². The molecule has 0 aliphatic carbocycles. The highest BCUT2D eigenvalue weighted by Gasteiger charge is 2.28. The van der Waals surface area contributed by atoms with E-state index >= 15 is 0 Å². The van der Waals surface area contributed by atoms with E-state index in [2.05, 4.69) is 21.2 Å². The van der Waals surface area contributed by atoms with E-state index in [0.717, 1.165) is 21.2 Å². The maximum Gasteiger partial charge on any atom is 0.264 e. The van der Waals surface area contributed by atoms with Crippen LogP contribution in [-0.4, -0.2) is 28.0 Å². The Balaban J connectivity index is 1.86. The van der Waals surface area contributed by atoms with E-state index in [4.69, 9.17) is 4.74 Å². The predicted molar refractivity (Wildman–Crippen MR) is 129 cm³/mol. The summed E-state index contributed by atoms with van der Waals surface area (Å²) in [5, 5.41) is 2.88. The summed E-state index contributed by atoms with van der Waals surface area (Å²) in [5.41, 5.74) is 2.23. The largest absolute Gasteiger partial charge is 0.497 e. The molecule has 8 heteroatoms. The number of carbonyl (C=O) groups excluding carboxylic acids is 1. The number of aryl methyl sites for hydroxylation is 1. The summed E-state index contributed by atoms with van der Waals surface area (Å²) < 4.78 is 33.9. The minimum atomic E-state index is -3.96. The number of amides is 1. The third-order valence-corrected chi connectivity index (χ3v) is 7.27. The van der Waals surface area contributed by atoms with Crippen molar-refractivity contribution in [3.05, 3.63) is 88.4 Å². The molecule has 0 saturated carbocycles. The van der Waals surface area contributed by atoms with Gasteiger partial charge in [0.15, 0.2) is 0 Å². The number of halogens is 1. The van der Waals surface area contributed by atoms with Crippen molar-refractivity contribution >= 4 is 37.5 Å². The Kier molecular flexibility index (Phi) is 7.58. The standard InChI is InChI=1S/C24H25BrN2O4S/c1-17-7-13-23(14-8-17)32(29,30)27(21-6-4-5-20(25)15-21)16-24(28)26-18(2)19-9-11-22(31-3)12-10-19/h4-15,18H,16H2,1-3H3,(H,26,28)/t18-/m0/s1. The van der Waals surface area contributed by atoms with Crippen LogP contribution in [0.2, 0.25) is 0 Å². The van der Waals surface area contributed by atoms with Gasteiger partial charge in [-0.15, -0.1) is 0 Å². The van der Waals surface area contributed by atoms with Gasteiger partial charge in [0.25, 0.3) is 10.0 Å². The van der Waals surface area contributed by atoms with E-state index in [9.17, 15) is 13.2 Å². The second-order valence-corrected chi connectivity index (χ2v) is 10.1. The van der Waals surface area contributed by atoms with Gasteiger partial charge in [0, 0.05) is 4.47 Å². The maximum absolute atomic E-state index is 13.4. The van der Waals surface area contributed by atoms with Crippen molar-refractivity contribution in [1.82, 2.24) is 5.32 Å². The number of hydrogen-bond donors (Lipinski definition) is 1. The summed E-state index contributed by atoms with van der Waals surface area (Å²) in [4.78, 5) is 13.0. The number of hydrogen-bond acceptors (Lipinski definition) is 4. The molecule has 32 heavy (non-hydrogen) atoms. The summed E-state index contributed by atoms with van der Waals surface area (Å²) in [6, 6.07) is 20.5. The van der Waals surface area contributed by atoms with Crippen LogP contribution in [0.1, 0.15) is 24.1 Å². The molecule has 0 aliphatic rings. The summed E-state index contributed by atoms with van der Waals surface area (Å²) >= 11 is 3.38. The molecule has 0 bridgehead atoms. The van der Waals surface area contributed by atoms with Gasteiger partial charge >= 0.3 is 0 Å². The zero-order valence-corrected chi connectivity index (χ0v) is 20.5. The number of sulfonamides is 1. The molecule has 0 radical (unpaired) electrons. The van der Waals surface area contributed by atoms with Crippen LogP contribution in [0.3, 0.4) is 0 Å². The van der Waals surface area contributed by atoms with E-state index in [-0.39, 0.29) is 17.5 Å². The monoisotopic (exact) mass is 516 g/mol. The lowest BCUT2D eigenvalue weighted by atomic mass is 10.1. The van der Waals surface area contributed by atoms with Crippen LogP contribution >= 0.6 is 15.9 Å². The maximum atomic E-state index is 13.4. The van der Waals surface area contributed by atoms with Gasteiger partial charge in [-0.3, -0.25) is 9.10 Å². The minimum absolute atomic E-state index is 0.124. The van der Waals surface area contributed by atoms with E-state index in [0.29, 0.717) is 10.2 Å². The Bertz CT molecular complexity index is 1180. The lowest BCUT2D eigenvalue weighted by Crippen LogP contribution is -2.41. The van der Waals surface area contributed by atoms with Crippen LogP contribution in [0.15, 0.2) is 82.2 Å². The predicted octanol–water partition coefficient (Wildman–Crippen LogP) is 4.84. The number of carbonyl (C=O) groups is 1. The van der Waals surface area contributed by atoms with Crippen LogP contribution in [0.25, 0.3) is 0 Å². The first kappa shape index (κ1) is 23.8. The van der Waals surface area contributed by atoms with Crippen molar-refractivity contribution in [2.75, 3.05) is 18.0 Å². The second-order valence-electron chi connectivity index (χ2n) is 7.37. The Hall–Kier alpha value is -2.84. The van der Waals surface area contributed by atoms with Gasteiger partial charge in [-0.25, -0.2) is 8.42 Å². The lowest BCUT2D eigenvalue weighted by molar-refractivity contribution is -0.120. The molecule has 3 aromatic rings. The number of rotatable bonds is 8. The summed E-state index contributed by atoms with van der Waals surface area (Å²) in [6.45, 7) is 3.38. The van der Waals surface area contributed by atoms with E-state index in [1.807, 2.05) is 38.1 Å². The van der Waals surface area contributed by atoms with Crippen molar-refractivity contribution < 1.29 is 17.9 Å². The first-order valence-electron chi connectivity index (χ1n) is 9.99. The zero-order valence-electron chi connectivity index (χ0n) is 18.1. The van der Waals surface area contributed by atoms with Gasteiger partial charge in [0.05, 0.1) is 23.7 Å². The topological polar surface area (TPSA) is 75.7 Å². The number of methoxy groups -OCH3 is 1. The number of nitrogens with one attached hydrogen (secondary N) is 1. The average Bonchev–Trinajstić information content (AvgIpc) is 2.77. The number of ether oxygens (including phenoxy) is 1. The van der Waals surface area contributed by atoms with Crippen molar-refractivity contribution in [2.45, 2.75) is 24.8 Å². The van der Waals surface area contributed by atoms with Crippen molar-refractivity contribution in [1.29, 1.82) is 0 Å². The van der Waals surface area contributed by atoms with Gasteiger partial charge in [-0.05, 0) is 61.9 Å². The number of nitrogens with zero attached hydrogens (tertiary/aromatic N) is 1. The molecule has 0 spiro atoms. The van der Waals surface area contributed by atoms with Crippen molar-refractivity contribution in [3.8, 4) is 5.75 Å². The minimum Gasteiger partial charge on any atom is -0.497 e. The molecule has 1 atom stereocenters. The summed E-state index contributed by atoms with van der Waals surface area (Å²) in [7, 11) is -2.37. The smallest absolute Gasteiger partial charge is 0.264 e. The fourth-order valence-corrected chi connectivity index (χ4v) is 4.98. The fourth-order valence-electron chi connectivity index (χ4n) is 3.18. The zero-order chi connectivity index (χ0) is 23.3. The number of anilines is 1. The van der Waals surface area contributed by atoms with Crippen LogP contribution in [0.5, 0.6) is 5.75 Å². The molecule has 0 saturated heterocycles. The molecule has 0 heterocycles. The molecule has 0 unspecified atom stereocenters. The third-order valence-electron chi connectivity index (χ3n) is 4.99. The van der Waals surface area contributed by atoms with Crippen LogP contribution in [-0.2, 0) is 14.8 Å². The first-order chi connectivity index (χ1) is 15.2. The highest BCUT2D eigenvalue weighted by molar-refractivity contribution is 9.10. The molecule has 3 rings (SSSR count). The Morgan fingerprint density at radius 2 is 1.72 bits per heavy atom. The molecule has 1 amide bonds. The van der Waals surface area contributed by atoms with Gasteiger partial charge in [0.2, 0.25) is 5.91 Å². The molecule has 0 fully saturated rings. The normalized spacial score (nSPS) is 12.1. The molecule has 1 N–H and O–H groups in total. The molecule has 168 valence electrons. The summed E-state index contributed by atoms with van der Waals surface area (Å²) in [5.74, 6) is 0.307. The molecule has 0 aromatic heterocycles. The lowest BCUT2D eigenvalue weighted by Gasteiger charge is -2.25. The molecular formula is C24H25BrN2O4S. The highest BCUT2D eigenvalue weighted by atomic mass is 79.9. The highest BCUT2D eigenvalue weighted by Crippen LogP contribution is 2.26. The third kappa shape index (κ3) is 5.69. The molecule has 0 aliphatic heterocycles. The van der Waals surface area contributed by atoms with Crippen LogP contribution in [0.4, 0.5) is 5.69 Å². The Morgan fingerprint density at radius 3 is 2.31 bits per heavy atom. The molecule has 6 nitrogen and oxygen atoms in total.